The van der Waals surface area contributed by atoms with E-state index in [2.05, 4.69) is 76.0 Å². The zero-order valence-electron chi connectivity index (χ0n) is 12.6. The van der Waals surface area contributed by atoms with Gasteiger partial charge in [-0.1, -0.05) is 0 Å². The summed E-state index contributed by atoms with van der Waals surface area (Å²) in [6.45, 7) is 5.06. The van der Waals surface area contributed by atoms with E-state index < -0.39 is 8.07 Å². The molecular formula is C18H23SiTi. The van der Waals surface area contributed by atoms with Crippen LogP contribution in [0.15, 0.2) is 53.6 Å². The molecule has 20 heavy (non-hydrogen) atoms. The van der Waals surface area contributed by atoms with Gasteiger partial charge < -0.3 is 0 Å². The summed E-state index contributed by atoms with van der Waals surface area (Å²) < 4.78 is 0.335. The Morgan fingerprint density at radius 1 is 1.10 bits per heavy atom. The summed E-state index contributed by atoms with van der Waals surface area (Å²) in [6.07, 6.45) is 10.4. The summed E-state index contributed by atoms with van der Waals surface area (Å²) in [6, 6.07) is 12.5. The standard InChI is InChI=1S/C18H23Si.Ti/c1-19(2,17-9-4-3-5-10-17)14-16-13-12-15-8-6-7-11-18(15)16;/h3-5,9-10,12-13H,6-8,11,14H2,1-2H3;. The van der Waals surface area contributed by atoms with Crippen molar-refractivity contribution in [2.45, 2.75) is 48.5 Å². The summed E-state index contributed by atoms with van der Waals surface area (Å²) in [5.41, 5.74) is 3.43. The van der Waals surface area contributed by atoms with E-state index in [-0.39, 0.29) is 0 Å². The molecule has 0 amide bonds. The van der Waals surface area contributed by atoms with Crippen molar-refractivity contribution in [2.75, 3.05) is 0 Å². The van der Waals surface area contributed by atoms with Crippen molar-refractivity contribution >= 4 is 13.3 Å². The van der Waals surface area contributed by atoms with Crippen LogP contribution in [-0.2, 0) is 20.4 Å². The zero-order valence-corrected chi connectivity index (χ0v) is 15.1. The van der Waals surface area contributed by atoms with Gasteiger partial charge in [-0.25, -0.2) is 0 Å². The third-order valence-corrected chi connectivity index (χ3v) is 9.79. The Kier molecular flexibility index (Phi) is 3.96. The molecule has 0 saturated carbocycles. The topological polar surface area (TPSA) is 0 Å². The summed E-state index contributed by atoms with van der Waals surface area (Å²) in [5.74, 6) is 0. The second-order valence-electron chi connectivity index (χ2n) is 6.94. The summed E-state index contributed by atoms with van der Waals surface area (Å²) in [5, 5.41) is 1.60. The van der Waals surface area contributed by atoms with Crippen LogP contribution in [0.2, 0.25) is 22.9 Å². The fraction of sp³-hybridized carbons (Fsp3) is 0.444. The maximum absolute atomic E-state index is 2.53. The molecule has 0 aromatic heterocycles. The molecule has 0 heterocycles. The molecule has 0 bridgehead atoms. The van der Waals surface area contributed by atoms with Gasteiger partial charge in [-0.05, 0) is 0 Å². The van der Waals surface area contributed by atoms with Crippen molar-refractivity contribution in [1.82, 2.24) is 0 Å². The van der Waals surface area contributed by atoms with E-state index in [0.717, 1.165) is 0 Å². The normalized spacial score (nSPS) is 25.9. The van der Waals surface area contributed by atoms with E-state index in [9.17, 15) is 0 Å². The first-order valence-corrected chi connectivity index (χ1v) is 11.7. The Bertz CT molecular complexity index is 556. The molecule has 0 N–H and O–H groups in total. The van der Waals surface area contributed by atoms with Gasteiger partial charge in [-0.3, -0.25) is 0 Å². The van der Waals surface area contributed by atoms with Crippen LogP contribution in [0.25, 0.3) is 0 Å². The molecule has 2 heteroatoms. The fourth-order valence-electron chi connectivity index (χ4n) is 3.82. The molecule has 0 radical (unpaired) electrons. The van der Waals surface area contributed by atoms with Gasteiger partial charge in [0.2, 0.25) is 0 Å². The third kappa shape index (κ3) is 2.68. The molecule has 2 aliphatic carbocycles. The van der Waals surface area contributed by atoms with Crippen molar-refractivity contribution in [1.29, 1.82) is 0 Å². The number of benzene rings is 1. The van der Waals surface area contributed by atoms with E-state index in [4.69, 9.17) is 0 Å². The second-order valence-corrected chi connectivity index (χ2v) is 13.0. The molecule has 1 aromatic rings. The van der Waals surface area contributed by atoms with E-state index >= 15 is 0 Å². The van der Waals surface area contributed by atoms with Crippen molar-refractivity contribution in [2.24, 2.45) is 0 Å². The Morgan fingerprint density at radius 2 is 1.80 bits per heavy atom. The molecule has 0 nitrogen and oxygen atoms in total. The van der Waals surface area contributed by atoms with Crippen molar-refractivity contribution < 1.29 is 20.4 Å². The Labute approximate surface area is 135 Å². The second kappa shape index (κ2) is 5.44. The predicted octanol–water partition coefficient (Wildman–Crippen LogP) is 4.75. The number of rotatable bonds is 3. The van der Waals surface area contributed by atoms with Gasteiger partial charge in [0.1, 0.15) is 0 Å². The Balaban J connectivity index is 1.87. The van der Waals surface area contributed by atoms with Crippen LogP contribution in [0.5, 0.6) is 0 Å². The van der Waals surface area contributed by atoms with Gasteiger partial charge in [-0.15, -0.1) is 0 Å². The minimum atomic E-state index is -1.38. The van der Waals surface area contributed by atoms with Crippen molar-refractivity contribution in [3.05, 3.63) is 53.6 Å². The van der Waals surface area contributed by atoms with Crippen LogP contribution in [0.4, 0.5) is 0 Å². The predicted molar refractivity (Wildman–Crippen MR) is 85.7 cm³/mol. The molecule has 1 unspecified atom stereocenters. The van der Waals surface area contributed by atoms with Crippen LogP contribution in [0, 0.1) is 0 Å². The van der Waals surface area contributed by atoms with E-state index in [1.165, 1.54) is 31.7 Å². The van der Waals surface area contributed by atoms with Gasteiger partial charge >= 0.3 is 136 Å². The third-order valence-electron chi connectivity index (χ3n) is 4.89. The van der Waals surface area contributed by atoms with E-state index in [1.54, 1.807) is 16.3 Å². The van der Waals surface area contributed by atoms with Crippen LogP contribution in [0.3, 0.4) is 0 Å². The average molecular weight is 315 g/mol. The molecule has 2 aliphatic rings. The van der Waals surface area contributed by atoms with Crippen LogP contribution < -0.4 is 5.19 Å². The van der Waals surface area contributed by atoms with E-state index in [1.807, 2.05) is 0 Å². The number of hydrogen-bond acceptors (Lipinski definition) is 0. The average Bonchev–Trinajstić information content (AvgIpc) is 2.77. The van der Waals surface area contributed by atoms with Crippen LogP contribution in [0.1, 0.15) is 25.7 Å². The van der Waals surface area contributed by atoms with Gasteiger partial charge in [0, 0.05) is 0 Å². The van der Waals surface area contributed by atoms with Crippen molar-refractivity contribution in [3.8, 4) is 0 Å². The first-order chi connectivity index (χ1) is 9.51. The molecule has 0 aliphatic heterocycles. The quantitative estimate of drug-likeness (QED) is 0.706. The molecule has 0 saturated heterocycles. The molecular weight excluding hydrogens is 292 g/mol. The monoisotopic (exact) mass is 315 g/mol. The zero-order chi connectivity index (χ0) is 14.2. The molecule has 0 spiro atoms. The minimum absolute atomic E-state index is 0.335. The first-order valence-electron chi connectivity index (χ1n) is 7.74. The van der Waals surface area contributed by atoms with Gasteiger partial charge in [-0.2, -0.15) is 0 Å². The summed E-state index contributed by atoms with van der Waals surface area (Å²) >= 11 is 2.48. The molecule has 3 rings (SSSR count). The summed E-state index contributed by atoms with van der Waals surface area (Å²) in [4.78, 5) is 0. The maximum atomic E-state index is 2.53. The number of allylic oxidation sites excluding steroid dienone is 4. The Hall–Kier alpha value is -0.369. The van der Waals surface area contributed by atoms with Crippen molar-refractivity contribution in [3.63, 3.8) is 0 Å². The first kappa shape index (κ1) is 14.6. The SMILES string of the molecule is C[Si](C)(C[C]1([Ti])C=CC2=C1CCCC2)c1ccccc1. The Morgan fingerprint density at radius 3 is 2.55 bits per heavy atom. The molecule has 103 valence electrons. The molecule has 1 atom stereocenters. The van der Waals surface area contributed by atoms with E-state index in [0.29, 0.717) is 3.72 Å². The summed E-state index contributed by atoms with van der Waals surface area (Å²) in [7, 11) is -1.38. The molecule has 0 fully saturated rings. The fourth-order valence-corrected chi connectivity index (χ4v) is 9.49. The van der Waals surface area contributed by atoms with Gasteiger partial charge in [0.15, 0.2) is 0 Å². The molecule has 1 aromatic carbocycles. The van der Waals surface area contributed by atoms with Crippen LogP contribution >= 0.6 is 0 Å². The van der Waals surface area contributed by atoms with Crippen LogP contribution in [-0.4, -0.2) is 8.07 Å². The van der Waals surface area contributed by atoms with Gasteiger partial charge in [0.05, 0.1) is 0 Å². The number of hydrogen-bond donors (Lipinski definition) is 0. The van der Waals surface area contributed by atoms with Gasteiger partial charge in [0.25, 0.3) is 0 Å².